The molecule has 18 heavy (non-hydrogen) atoms. The van der Waals surface area contributed by atoms with Crippen molar-refractivity contribution in [2.45, 2.75) is 18.9 Å². The molecule has 3 N–H and O–H groups in total. The Morgan fingerprint density at radius 1 is 1.39 bits per heavy atom. The molecule has 0 aliphatic heterocycles. The zero-order valence-electron chi connectivity index (χ0n) is 10.6. The van der Waals surface area contributed by atoms with Crippen LogP contribution in [0.15, 0.2) is 36.7 Å². The van der Waals surface area contributed by atoms with Crippen LogP contribution in [-0.4, -0.2) is 18.7 Å². The largest absolute Gasteiger partial charge is 0.385 e. The number of nitrogens with two attached hydrogens (primary N) is 1. The molecule has 2 aromatic rings. The second-order valence-corrected chi connectivity index (χ2v) is 4.30. The van der Waals surface area contributed by atoms with Crippen molar-refractivity contribution in [2.24, 2.45) is 5.84 Å². The zero-order chi connectivity index (χ0) is 12.8. The van der Waals surface area contributed by atoms with Crippen LogP contribution in [0.5, 0.6) is 0 Å². The lowest BCUT2D eigenvalue weighted by Crippen LogP contribution is -2.28. The van der Waals surface area contributed by atoms with E-state index in [1.54, 1.807) is 7.11 Å². The summed E-state index contributed by atoms with van der Waals surface area (Å²) in [5, 5.41) is 2.34. The van der Waals surface area contributed by atoms with Gasteiger partial charge in [-0.2, -0.15) is 0 Å². The molecular formula is C14H19N3O. The molecule has 0 fully saturated rings. The Labute approximate surface area is 107 Å². The van der Waals surface area contributed by atoms with Gasteiger partial charge in [0.2, 0.25) is 0 Å². The molecule has 0 aliphatic rings. The molecule has 0 amide bonds. The molecule has 0 saturated heterocycles. The number of fused-ring (bicyclic) bond motifs is 1. The SMILES string of the molecule is COCCCC(NN)c1cccc2ccncc12. The van der Waals surface area contributed by atoms with E-state index in [1.807, 2.05) is 18.5 Å². The molecule has 1 aromatic carbocycles. The van der Waals surface area contributed by atoms with Gasteiger partial charge in [-0.15, -0.1) is 0 Å². The number of ether oxygens (including phenoxy) is 1. The van der Waals surface area contributed by atoms with Crippen LogP contribution in [0.4, 0.5) is 0 Å². The fourth-order valence-electron chi connectivity index (χ4n) is 2.20. The van der Waals surface area contributed by atoms with Gasteiger partial charge in [-0.3, -0.25) is 16.3 Å². The van der Waals surface area contributed by atoms with Crippen LogP contribution in [0, 0.1) is 0 Å². The second-order valence-electron chi connectivity index (χ2n) is 4.30. The quantitative estimate of drug-likeness (QED) is 0.465. The molecule has 2 rings (SSSR count). The highest BCUT2D eigenvalue weighted by Crippen LogP contribution is 2.25. The maximum atomic E-state index is 5.67. The Kier molecular flexibility index (Phi) is 4.64. The number of rotatable bonds is 6. The summed E-state index contributed by atoms with van der Waals surface area (Å²) >= 11 is 0. The number of pyridine rings is 1. The van der Waals surface area contributed by atoms with Gasteiger partial charge in [-0.25, -0.2) is 0 Å². The van der Waals surface area contributed by atoms with Crippen LogP contribution in [0.25, 0.3) is 10.8 Å². The molecule has 1 atom stereocenters. The fourth-order valence-corrected chi connectivity index (χ4v) is 2.20. The van der Waals surface area contributed by atoms with E-state index in [0.29, 0.717) is 0 Å². The lowest BCUT2D eigenvalue weighted by molar-refractivity contribution is 0.189. The highest BCUT2D eigenvalue weighted by Gasteiger charge is 2.12. The van der Waals surface area contributed by atoms with Gasteiger partial charge in [0.05, 0.1) is 0 Å². The maximum absolute atomic E-state index is 5.67. The van der Waals surface area contributed by atoms with E-state index in [4.69, 9.17) is 10.6 Å². The molecule has 4 nitrogen and oxygen atoms in total. The first-order chi connectivity index (χ1) is 8.86. The summed E-state index contributed by atoms with van der Waals surface area (Å²) in [4.78, 5) is 4.19. The molecular weight excluding hydrogens is 226 g/mol. The number of hydrazine groups is 1. The minimum atomic E-state index is 0.132. The number of hydrogen-bond donors (Lipinski definition) is 2. The molecule has 1 aromatic heterocycles. The monoisotopic (exact) mass is 245 g/mol. The standard InChI is InChI=1S/C14H19N3O/c1-18-9-3-6-14(17-15)12-5-2-4-11-7-8-16-10-13(11)12/h2,4-5,7-8,10,14,17H,3,6,9,15H2,1H3. The lowest BCUT2D eigenvalue weighted by atomic mass is 9.97. The van der Waals surface area contributed by atoms with E-state index in [2.05, 4.69) is 28.6 Å². The van der Waals surface area contributed by atoms with Crippen molar-refractivity contribution in [2.75, 3.05) is 13.7 Å². The Hall–Kier alpha value is -1.49. The van der Waals surface area contributed by atoms with Crippen molar-refractivity contribution in [3.8, 4) is 0 Å². The average Bonchev–Trinajstić information content (AvgIpc) is 2.43. The van der Waals surface area contributed by atoms with E-state index in [-0.39, 0.29) is 6.04 Å². The third kappa shape index (κ3) is 2.85. The van der Waals surface area contributed by atoms with E-state index in [9.17, 15) is 0 Å². The number of benzene rings is 1. The summed E-state index contributed by atoms with van der Waals surface area (Å²) < 4.78 is 5.08. The molecule has 0 aliphatic carbocycles. The first-order valence-corrected chi connectivity index (χ1v) is 6.14. The number of nitrogens with zero attached hydrogens (tertiary/aromatic N) is 1. The normalized spacial score (nSPS) is 12.8. The minimum Gasteiger partial charge on any atom is -0.385 e. The smallest absolute Gasteiger partial charge is 0.0467 e. The highest BCUT2D eigenvalue weighted by atomic mass is 16.5. The number of methoxy groups -OCH3 is 1. The summed E-state index contributed by atoms with van der Waals surface area (Å²) in [7, 11) is 1.71. The number of hydrogen-bond acceptors (Lipinski definition) is 4. The third-order valence-corrected chi connectivity index (χ3v) is 3.14. The topological polar surface area (TPSA) is 60.2 Å². The summed E-state index contributed by atoms with van der Waals surface area (Å²) in [5.74, 6) is 5.67. The van der Waals surface area contributed by atoms with Gasteiger partial charge >= 0.3 is 0 Å². The van der Waals surface area contributed by atoms with Gasteiger partial charge < -0.3 is 4.74 Å². The zero-order valence-corrected chi connectivity index (χ0v) is 10.6. The molecule has 4 heteroatoms. The molecule has 0 radical (unpaired) electrons. The van der Waals surface area contributed by atoms with Crippen LogP contribution in [0.2, 0.25) is 0 Å². The van der Waals surface area contributed by atoms with Crippen LogP contribution >= 0.6 is 0 Å². The third-order valence-electron chi connectivity index (χ3n) is 3.14. The van der Waals surface area contributed by atoms with Gasteiger partial charge in [0.1, 0.15) is 0 Å². The number of nitrogens with one attached hydrogen (secondary N) is 1. The molecule has 1 unspecified atom stereocenters. The first-order valence-electron chi connectivity index (χ1n) is 6.14. The number of aromatic nitrogens is 1. The predicted molar refractivity (Wildman–Crippen MR) is 72.9 cm³/mol. The van der Waals surface area contributed by atoms with Crippen molar-refractivity contribution in [1.29, 1.82) is 0 Å². The Bertz CT molecular complexity index is 496. The van der Waals surface area contributed by atoms with Gasteiger partial charge in [-0.1, -0.05) is 18.2 Å². The summed E-state index contributed by atoms with van der Waals surface area (Å²) in [6.07, 6.45) is 5.62. The van der Waals surface area contributed by atoms with E-state index in [1.165, 1.54) is 10.9 Å². The van der Waals surface area contributed by atoms with Gasteiger partial charge in [-0.05, 0) is 29.9 Å². The second kappa shape index (κ2) is 6.44. The van der Waals surface area contributed by atoms with Crippen molar-refractivity contribution in [3.63, 3.8) is 0 Å². The fraction of sp³-hybridized carbons (Fsp3) is 0.357. The van der Waals surface area contributed by atoms with Crippen LogP contribution in [0.1, 0.15) is 24.4 Å². The Morgan fingerprint density at radius 3 is 3.06 bits per heavy atom. The summed E-state index contributed by atoms with van der Waals surface area (Å²) in [6, 6.07) is 8.39. The Balaban J connectivity index is 2.27. The van der Waals surface area contributed by atoms with Crippen LogP contribution in [0.3, 0.4) is 0 Å². The van der Waals surface area contributed by atoms with Crippen LogP contribution < -0.4 is 11.3 Å². The van der Waals surface area contributed by atoms with Crippen LogP contribution in [-0.2, 0) is 4.74 Å². The van der Waals surface area contributed by atoms with E-state index in [0.717, 1.165) is 24.8 Å². The molecule has 0 bridgehead atoms. The molecule has 0 saturated carbocycles. The predicted octanol–water partition coefficient (Wildman–Crippen LogP) is 2.17. The van der Waals surface area contributed by atoms with Crippen molar-refractivity contribution in [1.82, 2.24) is 10.4 Å². The average molecular weight is 245 g/mol. The minimum absolute atomic E-state index is 0.132. The van der Waals surface area contributed by atoms with E-state index >= 15 is 0 Å². The highest BCUT2D eigenvalue weighted by molar-refractivity contribution is 5.85. The Morgan fingerprint density at radius 2 is 2.28 bits per heavy atom. The maximum Gasteiger partial charge on any atom is 0.0467 e. The lowest BCUT2D eigenvalue weighted by Gasteiger charge is -2.18. The molecule has 96 valence electrons. The molecule has 1 heterocycles. The van der Waals surface area contributed by atoms with E-state index < -0.39 is 0 Å². The van der Waals surface area contributed by atoms with Gasteiger partial charge in [0.15, 0.2) is 0 Å². The van der Waals surface area contributed by atoms with Crippen molar-refractivity contribution >= 4 is 10.8 Å². The summed E-state index contributed by atoms with van der Waals surface area (Å²) in [5.41, 5.74) is 4.08. The molecule has 0 spiro atoms. The van der Waals surface area contributed by atoms with Crippen molar-refractivity contribution in [3.05, 3.63) is 42.2 Å². The van der Waals surface area contributed by atoms with Gasteiger partial charge in [0.25, 0.3) is 0 Å². The summed E-state index contributed by atoms with van der Waals surface area (Å²) in [6.45, 7) is 0.751. The first kappa shape index (κ1) is 13.0. The van der Waals surface area contributed by atoms with Crippen molar-refractivity contribution < 1.29 is 4.74 Å². The van der Waals surface area contributed by atoms with Gasteiger partial charge in [0, 0.05) is 37.5 Å².